The number of rotatable bonds is 8. The Morgan fingerprint density at radius 1 is 1.23 bits per heavy atom. The number of aliphatic imine (C=N–C) groups is 2. The number of hydrogen-bond acceptors (Lipinski definition) is 7. The Hall–Kier alpha value is -1.83. The highest BCUT2D eigenvalue weighted by molar-refractivity contribution is 7.99. The van der Waals surface area contributed by atoms with Gasteiger partial charge in [0.2, 0.25) is 11.8 Å². The summed E-state index contributed by atoms with van der Waals surface area (Å²) in [7, 11) is 0. The minimum Gasteiger partial charge on any atom is -0.297 e. The van der Waals surface area contributed by atoms with Crippen molar-refractivity contribution >= 4 is 48.6 Å². The van der Waals surface area contributed by atoms with E-state index in [4.69, 9.17) is 0 Å². The highest BCUT2D eigenvalue weighted by atomic mass is 32.2. The number of nitrogens with zero attached hydrogens (tertiary/aromatic N) is 3. The first-order valence-corrected chi connectivity index (χ1v) is 7.98. The fourth-order valence-corrected chi connectivity index (χ4v) is 2.11. The van der Waals surface area contributed by atoms with Crippen molar-refractivity contribution in [3.8, 4) is 0 Å². The molecule has 0 aromatic heterocycles. The van der Waals surface area contributed by atoms with Crippen LogP contribution in [0.4, 0.5) is 0 Å². The van der Waals surface area contributed by atoms with Crippen LogP contribution in [0.25, 0.3) is 0 Å². The van der Waals surface area contributed by atoms with Gasteiger partial charge in [-0.3, -0.25) is 34.1 Å². The number of carbonyl (C=O) groups excluding carboxylic acids is 4. The highest BCUT2D eigenvalue weighted by Gasteiger charge is 2.36. The van der Waals surface area contributed by atoms with Crippen LogP contribution in [0.3, 0.4) is 0 Å². The van der Waals surface area contributed by atoms with E-state index in [2.05, 4.69) is 23.4 Å². The van der Waals surface area contributed by atoms with Gasteiger partial charge in [0.05, 0.1) is 25.4 Å². The molecule has 0 spiro atoms. The first-order chi connectivity index (χ1) is 10.4. The molecule has 0 aromatic carbocycles. The third-order valence-corrected chi connectivity index (χ3v) is 3.30. The summed E-state index contributed by atoms with van der Waals surface area (Å²) in [6.07, 6.45) is 2.09. The van der Waals surface area contributed by atoms with Gasteiger partial charge in [-0.25, -0.2) is 0 Å². The van der Waals surface area contributed by atoms with Crippen molar-refractivity contribution in [2.24, 2.45) is 15.9 Å². The number of ketones is 2. The monoisotopic (exact) mass is 327 g/mol. The molecule has 1 aliphatic heterocycles. The molecule has 7 nitrogen and oxygen atoms in total. The Kier molecular flexibility index (Phi) is 9.93. The minimum absolute atomic E-state index is 0.0502. The van der Waals surface area contributed by atoms with Crippen LogP contribution >= 0.6 is 11.8 Å². The van der Waals surface area contributed by atoms with E-state index in [-0.39, 0.29) is 55.4 Å². The predicted molar refractivity (Wildman–Crippen MR) is 87.7 cm³/mol. The molecule has 122 valence electrons. The summed E-state index contributed by atoms with van der Waals surface area (Å²) >= 11 is 1.51. The van der Waals surface area contributed by atoms with E-state index in [1.165, 1.54) is 11.8 Å². The average molecular weight is 327 g/mol. The molecule has 0 aliphatic carbocycles. The third-order valence-electron chi connectivity index (χ3n) is 2.69. The molecule has 1 rings (SSSR count). The molecule has 22 heavy (non-hydrogen) atoms. The van der Waals surface area contributed by atoms with Crippen molar-refractivity contribution in [3.63, 3.8) is 0 Å². The zero-order valence-electron chi connectivity index (χ0n) is 12.9. The first kappa shape index (κ1) is 20.2. The molecule has 1 heterocycles. The minimum atomic E-state index is -0.299. The number of Topliss-reactive ketones (excluding diaryl/α,β-unsaturated/α-hetero) is 2. The van der Waals surface area contributed by atoms with Gasteiger partial charge in [-0.15, -0.1) is 0 Å². The van der Waals surface area contributed by atoms with Gasteiger partial charge in [-0.1, -0.05) is 6.92 Å². The Morgan fingerprint density at radius 3 is 2.18 bits per heavy atom. The molecule has 0 radical (unpaired) electrons. The molecule has 1 saturated heterocycles. The lowest BCUT2D eigenvalue weighted by Crippen LogP contribution is -2.36. The van der Waals surface area contributed by atoms with Gasteiger partial charge in [0, 0.05) is 12.3 Å². The number of carbonyl (C=O) groups is 4. The number of likely N-dealkylation sites (tertiary alicyclic amines) is 1. The molecule has 0 aromatic rings. The Labute approximate surface area is 134 Å². The van der Waals surface area contributed by atoms with Crippen LogP contribution in [0.2, 0.25) is 0 Å². The maximum absolute atomic E-state index is 11.4. The highest BCUT2D eigenvalue weighted by Crippen LogP contribution is 2.18. The molecule has 1 aliphatic rings. The van der Waals surface area contributed by atoms with Gasteiger partial charge in [0.25, 0.3) is 0 Å². The molecule has 1 fully saturated rings. The van der Waals surface area contributed by atoms with Crippen LogP contribution in [-0.4, -0.2) is 73.4 Å². The van der Waals surface area contributed by atoms with Gasteiger partial charge in [0.15, 0.2) is 11.6 Å². The maximum Gasteiger partial charge on any atom is 0.232 e. The molecule has 1 unspecified atom stereocenters. The van der Waals surface area contributed by atoms with Gasteiger partial charge < -0.3 is 0 Å². The SMILES string of the molecule is C=NCC(=O)CN1C(=O)CC(C)C1=O.C=NCC(=O)CSC. The van der Waals surface area contributed by atoms with E-state index < -0.39 is 0 Å². The second-order valence-electron chi connectivity index (χ2n) is 4.70. The van der Waals surface area contributed by atoms with Gasteiger partial charge in [0.1, 0.15) is 0 Å². The summed E-state index contributed by atoms with van der Waals surface area (Å²) in [5.41, 5.74) is 0. The molecule has 8 heteroatoms. The second kappa shape index (κ2) is 10.8. The number of thioether (sulfide) groups is 1. The largest absolute Gasteiger partial charge is 0.297 e. The van der Waals surface area contributed by atoms with Gasteiger partial charge in [-0.05, 0) is 19.7 Å². The van der Waals surface area contributed by atoms with Crippen LogP contribution in [0, 0.1) is 5.92 Å². The number of imide groups is 1. The second-order valence-corrected chi connectivity index (χ2v) is 5.56. The number of hydrogen-bond donors (Lipinski definition) is 0. The molecule has 1 atom stereocenters. The fourth-order valence-electron chi connectivity index (χ4n) is 1.70. The lowest BCUT2D eigenvalue weighted by molar-refractivity contribution is -0.142. The van der Waals surface area contributed by atoms with E-state index >= 15 is 0 Å². The average Bonchev–Trinajstić information content (AvgIpc) is 2.67. The van der Waals surface area contributed by atoms with Crippen molar-refractivity contribution in [3.05, 3.63) is 0 Å². The topological polar surface area (TPSA) is 96.2 Å². The zero-order valence-corrected chi connectivity index (χ0v) is 13.7. The molecular formula is C14H21N3O4S. The quantitative estimate of drug-likeness (QED) is 0.471. The van der Waals surface area contributed by atoms with E-state index in [1.807, 2.05) is 6.26 Å². The lowest BCUT2D eigenvalue weighted by Gasteiger charge is -2.11. The summed E-state index contributed by atoms with van der Waals surface area (Å²) in [5, 5.41) is 0. The van der Waals surface area contributed by atoms with Crippen LogP contribution < -0.4 is 0 Å². The molecule has 0 saturated carbocycles. The fraction of sp³-hybridized carbons (Fsp3) is 0.571. The van der Waals surface area contributed by atoms with Crippen LogP contribution in [0.15, 0.2) is 9.98 Å². The summed E-state index contributed by atoms with van der Waals surface area (Å²) in [6, 6.07) is 0. The Morgan fingerprint density at radius 2 is 1.77 bits per heavy atom. The summed E-state index contributed by atoms with van der Waals surface area (Å²) in [5.74, 6) is -0.415. The van der Waals surface area contributed by atoms with Crippen LogP contribution in [0.1, 0.15) is 13.3 Å². The van der Waals surface area contributed by atoms with Crippen molar-refractivity contribution in [1.82, 2.24) is 4.90 Å². The first-order valence-electron chi connectivity index (χ1n) is 6.58. The maximum atomic E-state index is 11.4. The van der Waals surface area contributed by atoms with E-state index in [0.29, 0.717) is 5.75 Å². The summed E-state index contributed by atoms with van der Waals surface area (Å²) < 4.78 is 0. The van der Waals surface area contributed by atoms with E-state index in [1.54, 1.807) is 6.92 Å². The summed E-state index contributed by atoms with van der Waals surface area (Å²) in [4.78, 5) is 52.0. The van der Waals surface area contributed by atoms with E-state index in [9.17, 15) is 19.2 Å². The zero-order chi connectivity index (χ0) is 17.1. The molecular weight excluding hydrogens is 306 g/mol. The smallest absolute Gasteiger partial charge is 0.232 e. The van der Waals surface area contributed by atoms with Crippen molar-refractivity contribution in [2.75, 3.05) is 31.6 Å². The van der Waals surface area contributed by atoms with Crippen LogP contribution in [0.5, 0.6) is 0 Å². The predicted octanol–water partition coefficient (Wildman–Crippen LogP) is 0.270. The van der Waals surface area contributed by atoms with Crippen molar-refractivity contribution < 1.29 is 19.2 Å². The molecule has 0 bridgehead atoms. The molecule has 2 amide bonds. The Bertz CT molecular complexity index is 465. The van der Waals surface area contributed by atoms with Crippen molar-refractivity contribution in [1.29, 1.82) is 0 Å². The third kappa shape index (κ3) is 7.26. The standard InChI is InChI=1S/C9H12N2O3.C5H9NOS/c1-6-3-8(13)11(9(6)14)5-7(12)4-10-2;1-6-3-5(7)4-8-2/h6H,2-5H2,1H3;1,3-4H2,2H3. The van der Waals surface area contributed by atoms with Crippen molar-refractivity contribution in [2.45, 2.75) is 13.3 Å². The Balaban J connectivity index is 0.000000472. The van der Waals surface area contributed by atoms with Gasteiger partial charge in [-0.2, -0.15) is 11.8 Å². The molecule has 0 N–H and O–H groups in total. The van der Waals surface area contributed by atoms with Crippen LogP contribution in [-0.2, 0) is 19.2 Å². The van der Waals surface area contributed by atoms with E-state index in [0.717, 1.165) is 4.90 Å². The number of amides is 2. The lowest BCUT2D eigenvalue weighted by atomic mass is 10.1. The summed E-state index contributed by atoms with van der Waals surface area (Å²) in [6.45, 7) is 8.10. The normalized spacial score (nSPS) is 16.8. The van der Waals surface area contributed by atoms with Gasteiger partial charge >= 0.3 is 0 Å².